The molecule has 11 rings (SSSR count). The Morgan fingerprint density at radius 1 is 0.303 bits per heavy atom. The van der Waals surface area contributed by atoms with Crippen LogP contribution >= 0.6 is 29.9 Å². The normalized spacial score (nSPS) is 11.5. The van der Waals surface area contributed by atoms with Crippen molar-refractivity contribution in [3.63, 3.8) is 0 Å². The van der Waals surface area contributed by atoms with Crippen LogP contribution in [0.1, 0.15) is 232 Å². The van der Waals surface area contributed by atoms with Crippen LogP contribution in [-0.4, -0.2) is 152 Å². The molecule has 0 spiro atoms. The van der Waals surface area contributed by atoms with E-state index >= 15 is 0 Å². The summed E-state index contributed by atoms with van der Waals surface area (Å²) in [6.45, 7) is 3.04. The summed E-state index contributed by atoms with van der Waals surface area (Å²) < 4.78 is 14.5. The van der Waals surface area contributed by atoms with Gasteiger partial charge in [0.1, 0.15) is 46.3 Å². The number of carbonyl (C=O) groups is 12. The molecule has 0 aliphatic carbocycles. The number of alkyl halides is 1. The molecule has 8 heterocycles. The zero-order chi connectivity index (χ0) is 87.9. The minimum atomic E-state index is -1.99. The Kier molecular flexibility index (Phi) is 33.7. The zero-order valence-electron chi connectivity index (χ0n) is 72.3. The van der Waals surface area contributed by atoms with Crippen molar-refractivity contribution in [2.45, 2.75) is 155 Å². The summed E-state index contributed by atoms with van der Waals surface area (Å²) >= 11 is 2.29. The van der Waals surface area contributed by atoms with E-state index in [4.69, 9.17) is 0 Å². The van der Waals surface area contributed by atoms with E-state index in [-0.39, 0.29) is 165 Å². The van der Waals surface area contributed by atoms with Gasteiger partial charge in [-0.3, -0.25) is 57.5 Å². The molecular formula is C97H114IN11O12P+. The van der Waals surface area contributed by atoms with Gasteiger partial charge in [0, 0.05) is 196 Å². The second-order valence-electron chi connectivity index (χ2n) is 32.4. The summed E-state index contributed by atoms with van der Waals surface area (Å²) in [5.74, 6) is -1.29. The number of ketones is 12. The lowest BCUT2D eigenvalue weighted by Crippen LogP contribution is -2.33. The fraction of sp³-hybridized carbons (Fsp3) is 0.381. The van der Waals surface area contributed by atoms with E-state index < -0.39 is 7.26 Å². The minimum absolute atomic E-state index is 0.00257. The third-order valence-corrected chi connectivity index (χ3v) is 26.6. The molecule has 0 aliphatic rings. The van der Waals surface area contributed by atoms with Crippen LogP contribution < -0.4 is 15.9 Å². The van der Waals surface area contributed by atoms with E-state index in [9.17, 15) is 57.5 Å². The third kappa shape index (κ3) is 25.3. The molecule has 3 aromatic carbocycles. The van der Waals surface area contributed by atoms with Gasteiger partial charge in [-0.1, -0.05) is 84.1 Å². The number of rotatable bonds is 49. The van der Waals surface area contributed by atoms with E-state index in [1.165, 1.54) is 20.3 Å². The van der Waals surface area contributed by atoms with Gasteiger partial charge < -0.3 is 41.4 Å². The Morgan fingerprint density at radius 3 is 0.852 bits per heavy atom. The predicted molar refractivity (Wildman–Crippen MR) is 486 cm³/mol. The van der Waals surface area contributed by atoms with Gasteiger partial charge in [-0.15, -0.1) is 0 Å². The van der Waals surface area contributed by atoms with Crippen LogP contribution in [0.5, 0.6) is 0 Å². The predicted octanol–water partition coefficient (Wildman–Crippen LogP) is 14.0. The highest BCUT2D eigenvalue weighted by molar-refractivity contribution is 14.1. The zero-order valence-corrected chi connectivity index (χ0v) is 75.3. The maximum atomic E-state index is 13.9. The number of Topliss-reactive ketones (excluding diaryl/α,β-unsaturated/α-hetero) is 12. The van der Waals surface area contributed by atoms with Gasteiger partial charge in [-0.2, -0.15) is 0 Å². The number of hydrogen-bond acceptors (Lipinski definition) is 15. The summed E-state index contributed by atoms with van der Waals surface area (Å²) in [5.41, 5.74) is 7.04. The van der Waals surface area contributed by atoms with Crippen molar-refractivity contribution in [2.24, 2.45) is 56.4 Å². The van der Waals surface area contributed by atoms with E-state index in [0.717, 1.165) is 38.4 Å². The second kappa shape index (κ2) is 44.1. The van der Waals surface area contributed by atoms with Crippen molar-refractivity contribution in [1.29, 1.82) is 0 Å². The first-order valence-corrected chi connectivity index (χ1v) is 45.4. The number of aromatic nitrogens is 10. The van der Waals surface area contributed by atoms with Gasteiger partial charge in [0.2, 0.25) is 11.6 Å². The van der Waals surface area contributed by atoms with Crippen molar-refractivity contribution in [2.75, 3.05) is 31.2 Å². The third-order valence-electron chi connectivity index (χ3n) is 22.1. The van der Waals surface area contributed by atoms with Crippen molar-refractivity contribution in [3.8, 4) is 0 Å². The highest BCUT2D eigenvalue weighted by Crippen LogP contribution is 2.56. The molecule has 0 N–H and O–H groups in total. The van der Waals surface area contributed by atoms with Crippen LogP contribution in [0.4, 0.5) is 0 Å². The number of benzene rings is 3. The van der Waals surface area contributed by atoms with E-state index in [1.54, 1.807) is 179 Å². The summed E-state index contributed by atoms with van der Waals surface area (Å²) in [5, 5.41) is 3.95. The van der Waals surface area contributed by atoms with Gasteiger partial charge in [0.15, 0.2) is 46.3 Å². The first-order valence-electron chi connectivity index (χ1n) is 41.9. The first-order chi connectivity index (χ1) is 58.4. The van der Waals surface area contributed by atoms with Crippen LogP contribution in [0.2, 0.25) is 0 Å². The number of aryl methyl sites for hydroxylation is 8. The van der Waals surface area contributed by atoms with Gasteiger partial charge in [-0.05, 0) is 176 Å². The molecular weight excluding hydrogens is 1670 g/mol. The SMILES string of the molecule is CCI.CN(C)CCCCC(=O)CCCC(=O)c1cc(CC(=O)c2cc(CC(=O)c3cc(CC(=O)c4nc(CC(=O)CCCC(=O)c5cc(CC(=O)c6cc(CC(=O)c7cc(CC(=O)c8nc(CC(=O)CCCC(=O)CCCC[P+](c9ccccc9)(c9ccccc9)c9ccccc9)cn8C)cn7C)cn6C)cn5C)cn4C)cn3C)cn2C)cn1C. The average Bonchev–Trinajstić information content (AvgIpc) is 1.27. The molecule has 0 saturated heterocycles. The monoisotopic (exact) mass is 1780 g/mol. The van der Waals surface area contributed by atoms with Crippen molar-refractivity contribution in [3.05, 3.63) is 268 Å². The number of unbranched alkanes of at least 4 members (excludes halogenated alkanes) is 2. The topological polar surface area (TPSA) is 273 Å². The maximum Gasteiger partial charge on any atom is 0.202 e. The summed E-state index contributed by atoms with van der Waals surface area (Å²) in [4.78, 5) is 173. The molecule has 0 atom stereocenters. The molecule has 0 saturated carbocycles. The van der Waals surface area contributed by atoms with Crippen LogP contribution in [0, 0.1) is 0 Å². The Morgan fingerprint density at radius 2 is 0.557 bits per heavy atom. The average molecular weight is 1780 g/mol. The number of carbonyl (C=O) groups excluding carboxylic acids is 12. The number of imidazole rings is 2. The molecule has 23 nitrogen and oxygen atoms in total. The van der Waals surface area contributed by atoms with Crippen LogP contribution in [0.3, 0.4) is 0 Å². The molecule has 25 heteroatoms. The van der Waals surface area contributed by atoms with Crippen molar-refractivity contribution in [1.82, 2.24) is 51.4 Å². The minimum Gasteiger partial charge on any atom is -0.348 e. The highest BCUT2D eigenvalue weighted by Gasteiger charge is 2.44. The van der Waals surface area contributed by atoms with Crippen LogP contribution in [0.15, 0.2) is 177 Å². The molecule has 0 bridgehead atoms. The van der Waals surface area contributed by atoms with Gasteiger partial charge in [0.25, 0.3) is 0 Å². The van der Waals surface area contributed by atoms with Crippen molar-refractivity contribution < 1.29 is 57.5 Å². The largest absolute Gasteiger partial charge is 0.348 e. The number of nitrogens with zero attached hydrogens (tertiary/aromatic N) is 11. The molecule has 8 aromatic heterocycles. The standard InChI is InChI=1S/C95H109N11O12P.C2H5I/c1-98(2)41-22-20-27-73(107)30-25-39-86(111)80-43-65(57-99(80)3)49-88(113)82-45-67(59-101(82)5)51-91(116)85-48-70(62-104(85)8)54-93(118)95-97-72(64-106(95)10)56-76(110)32-26-40-87(112)81-44-66(58-100(81)4)50-89(114)83-46-68(60-102(83)6)52-90(115)84-47-69(61-103(84)7)53-92(117)94-96-71(63-105(94)9)55-75(109)31-24-29-74(108)28-21-23-42-119(77-33-14-11-15-34-77,78-35-16-12-17-36-78)79-37-18-13-19-38-79;1-2-3/h11-19,33-38,43-48,57-64H,20-32,39-42,49-56H2,1-10H3;2H2,1H3/q+1;. The fourth-order valence-electron chi connectivity index (χ4n) is 16.2. The summed E-state index contributed by atoms with van der Waals surface area (Å²) in [6, 6.07) is 42.3. The Labute approximate surface area is 729 Å². The summed E-state index contributed by atoms with van der Waals surface area (Å²) in [6.07, 6.45) is 21.5. The molecule has 0 fully saturated rings. The van der Waals surface area contributed by atoms with Gasteiger partial charge >= 0.3 is 0 Å². The van der Waals surface area contributed by atoms with E-state index in [2.05, 4.69) is 117 Å². The van der Waals surface area contributed by atoms with E-state index in [0.29, 0.717) is 117 Å². The van der Waals surface area contributed by atoms with Crippen molar-refractivity contribution >= 4 is 115 Å². The van der Waals surface area contributed by atoms with Crippen LogP contribution in [-0.2, 0) is 127 Å². The lowest BCUT2D eigenvalue weighted by atomic mass is 10.0. The lowest BCUT2D eigenvalue weighted by Gasteiger charge is -2.27. The Hall–Kier alpha value is -11.1. The number of hydrogen-bond donors (Lipinski definition) is 0. The number of halogens is 1. The molecule has 11 aromatic rings. The highest BCUT2D eigenvalue weighted by atomic mass is 127. The van der Waals surface area contributed by atoms with E-state index in [1.807, 2.05) is 32.3 Å². The molecule has 122 heavy (non-hydrogen) atoms. The smallest absolute Gasteiger partial charge is 0.202 e. The molecule has 640 valence electrons. The molecule has 0 aliphatic heterocycles. The second-order valence-corrected chi connectivity index (χ2v) is 37.6. The van der Waals surface area contributed by atoms with Gasteiger partial charge in [0.05, 0.1) is 64.6 Å². The van der Waals surface area contributed by atoms with Crippen LogP contribution in [0.25, 0.3) is 0 Å². The Balaban J connectivity index is 0.00000512. The van der Waals surface area contributed by atoms with Gasteiger partial charge in [-0.25, -0.2) is 9.97 Å². The molecule has 0 radical (unpaired) electrons. The lowest BCUT2D eigenvalue weighted by molar-refractivity contribution is -0.121. The summed E-state index contributed by atoms with van der Waals surface area (Å²) in [7, 11) is 15.8. The maximum absolute atomic E-state index is 13.9. The fourth-order valence-corrected chi connectivity index (χ4v) is 20.6. The quantitative estimate of drug-likeness (QED) is 0.0113. The molecule has 0 amide bonds. The Bertz CT molecular complexity index is 5490. The molecule has 0 unspecified atom stereocenters. The first kappa shape index (κ1) is 93.2.